The summed E-state index contributed by atoms with van der Waals surface area (Å²) in [5.41, 5.74) is 2.38. The number of hydrogen-bond acceptors (Lipinski definition) is 2. The minimum atomic E-state index is 0.893. The number of allylic oxidation sites excluding steroid dienone is 2. The van der Waals surface area contributed by atoms with Crippen LogP contribution in [0, 0.1) is 0 Å². The van der Waals surface area contributed by atoms with Crippen LogP contribution in [0.3, 0.4) is 0 Å². The van der Waals surface area contributed by atoms with Gasteiger partial charge in [-0.15, -0.1) is 0 Å². The molecule has 1 N–H and O–H groups in total. The minimum Gasteiger partial charge on any atom is -0.411 e. The van der Waals surface area contributed by atoms with Crippen LogP contribution in [0.25, 0.3) is 0 Å². The zero-order chi connectivity index (χ0) is 8.10. The average molecular weight is 153 g/mol. The molecule has 0 radical (unpaired) electrons. The highest BCUT2D eigenvalue weighted by molar-refractivity contribution is 5.87. The van der Waals surface area contributed by atoms with Gasteiger partial charge in [0.25, 0.3) is 0 Å². The molecule has 0 aromatic rings. The normalized spacial score (nSPS) is 21.9. The molecule has 1 aliphatic carbocycles. The molecule has 0 atom stereocenters. The first-order valence-corrected chi connectivity index (χ1v) is 4.24. The maximum Gasteiger partial charge on any atom is 0.0614 e. The second kappa shape index (κ2) is 4.16. The fourth-order valence-electron chi connectivity index (χ4n) is 1.46. The van der Waals surface area contributed by atoms with E-state index in [-0.39, 0.29) is 0 Å². The van der Waals surface area contributed by atoms with Crippen molar-refractivity contribution in [1.29, 1.82) is 0 Å². The Bertz CT molecular complexity index is 182. The smallest absolute Gasteiger partial charge is 0.0614 e. The molecular formula is C9H15NO. The molecule has 1 rings (SSSR count). The molecule has 0 heterocycles. The predicted molar refractivity (Wildman–Crippen MR) is 46.1 cm³/mol. The van der Waals surface area contributed by atoms with Crippen LogP contribution < -0.4 is 0 Å². The van der Waals surface area contributed by atoms with E-state index in [1.807, 2.05) is 0 Å². The van der Waals surface area contributed by atoms with Gasteiger partial charge in [-0.25, -0.2) is 0 Å². The van der Waals surface area contributed by atoms with Crippen LogP contribution in [-0.2, 0) is 0 Å². The van der Waals surface area contributed by atoms with Crippen LogP contribution in [0.2, 0.25) is 0 Å². The number of oxime groups is 1. The van der Waals surface area contributed by atoms with Crippen molar-refractivity contribution in [3.05, 3.63) is 11.6 Å². The third kappa shape index (κ3) is 2.37. The van der Waals surface area contributed by atoms with Crippen molar-refractivity contribution in [2.75, 3.05) is 0 Å². The molecule has 0 spiro atoms. The van der Waals surface area contributed by atoms with Crippen LogP contribution >= 0.6 is 0 Å². The summed E-state index contributed by atoms with van der Waals surface area (Å²) in [6.07, 6.45) is 7.49. The highest BCUT2D eigenvalue weighted by Gasteiger charge is 2.08. The fraction of sp³-hybridized carbons (Fsp3) is 0.667. The quantitative estimate of drug-likeness (QED) is 0.369. The van der Waals surface area contributed by atoms with Gasteiger partial charge in [0.05, 0.1) is 5.71 Å². The van der Waals surface area contributed by atoms with E-state index in [0.717, 1.165) is 31.4 Å². The van der Waals surface area contributed by atoms with E-state index in [4.69, 9.17) is 5.21 Å². The molecule has 11 heavy (non-hydrogen) atoms. The second-order valence-corrected chi connectivity index (χ2v) is 2.99. The van der Waals surface area contributed by atoms with Crippen LogP contribution in [0.1, 0.15) is 39.0 Å². The minimum absolute atomic E-state index is 0.893. The zero-order valence-electron chi connectivity index (χ0n) is 7.01. The van der Waals surface area contributed by atoms with Gasteiger partial charge in [-0.2, -0.15) is 0 Å². The van der Waals surface area contributed by atoms with Crippen LogP contribution in [0.4, 0.5) is 0 Å². The van der Waals surface area contributed by atoms with Gasteiger partial charge in [0, 0.05) is 6.42 Å². The van der Waals surface area contributed by atoms with Crippen LogP contribution in [0.15, 0.2) is 16.8 Å². The standard InChI is InChI=1S/C9H15NO/c1-2-4-8-5-3-6-9(7-8)10-11/h5,11H,2-4,6-7H2,1H3/b10-9-. The summed E-state index contributed by atoms with van der Waals surface area (Å²) in [5, 5.41) is 11.8. The van der Waals surface area contributed by atoms with Crippen molar-refractivity contribution in [3.8, 4) is 0 Å². The number of rotatable bonds is 2. The molecular weight excluding hydrogens is 138 g/mol. The van der Waals surface area contributed by atoms with Gasteiger partial charge in [-0.05, 0) is 19.3 Å². The van der Waals surface area contributed by atoms with E-state index in [0.29, 0.717) is 0 Å². The first kappa shape index (κ1) is 8.31. The fourth-order valence-corrected chi connectivity index (χ4v) is 1.46. The zero-order valence-corrected chi connectivity index (χ0v) is 7.01. The molecule has 0 fully saturated rings. The summed E-state index contributed by atoms with van der Waals surface area (Å²) in [7, 11) is 0. The highest BCUT2D eigenvalue weighted by Crippen LogP contribution is 2.19. The van der Waals surface area contributed by atoms with Crippen molar-refractivity contribution >= 4 is 5.71 Å². The Balaban J connectivity index is 2.49. The third-order valence-electron chi connectivity index (χ3n) is 2.01. The van der Waals surface area contributed by atoms with E-state index in [1.165, 1.54) is 12.0 Å². The monoisotopic (exact) mass is 153 g/mol. The molecule has 0 saturated carbocycles. The van der Waals surface area contributed by atoms with E-state index >= 15 is 0 Å². The molecule has 0 amide bonds. The van der Waals surface area contributed by atoms with Gasteiger partial charge < -0.3 is 5.21 Å². The Morgan fingerprint density at radius 2 is 2.45 bits per heavy atom. The molecule has 0 aromatic carbocycles. The maximum atomic E-state index is 8.54. The lowest BCUT2D eigenvalue weighted by atomic mass is 9.95. The Labute approximate surface area is 67.6 Å². The van der Waals surface area contributed by atoms with Gasteiger partial charge in [-0.1, -0.05) is 30.1 Å². The molecule has 2 nitrogen and oxygen atoms in total. The largest absolute Gasteiger partial charge is 0.411 e. The first-order valence-electron chi connectivity index (χ1n) is 4.24. The summed E-state index contributed by atoms with van der Waals surface area (Å²) >= 11 is 0. The van der Waals surface area contributed by atoms with E-state index in [1.54, 1.807) is 0 Å². The molecule has 0 aromatic heterocycles. The molecule has 0 saturated heterocycles. The topological polar surface area (TPSA) is 32.6 Å². The van der Waals surface area contributed by atoms with Crippen molar-refractivity contribution in [1.82, 2.24) is 0 Å². The van der Waals surface area contributed by atoms with E-state index in [2.05, 4.69) is 18.2 Å². The maximum absolute atomic E-state index is 8.54. The molecule has 1 aliphatic rings. The summed E-state index contributed by atoms with van der Waals surface area (Å²) < 4.78 is 0. The van der Waals surface area contributed by atoms with Gasteiger partial charge in [0.15, 0.2) is 0 Å². The molecule has 62 valence electrons. The number of hydrogen-bond donors (Lipinski definition) is 1. The first-order chi connectivity index (χ1) is 5.36. The second-order valence-electron chi connectivity index (χ2n) is 2.99. The van der Waals surface area contributed by atoms with Gasteiger partial charge in [0.1, 0.15) is 0 Å². The lowest BCUT2D eigenvalue weighted by molar-refractivity contribution is 0.316. The van der Waals surface area contributed by atoms with Gasteiger partial charge in [0.2, 0.25) is 0 Å². The Morgan fingerprint density at radius 1 is 1.64 bits per heavy atom. The molecule has 0 unspecified atom stereocenters. The Hall–Kier alpha value is -0.790. The van der Waals surface area contributed by atoms with Crippen LogP contribution in [0.5, 0.6) is 0 Å². The van der Waals surface area contributed by atoms with E-state index < -0.39 is 0 Å². The van der Waals surface area contributed by atoms with Gasteiger partial charge >= 0.3 is 0 Å². The highest BCUT2D eigenvalue weighted by atomic mass is 16.4. The summed E-state index contributed by atoms with van der Waals surface area (Å²) in [4.78, 5) is 0. The molecule has 2 heteroatoms. The van der Waals surface area contributed by atoms with E-state index in [9.17, 15) is 0 Å². The summed E-state index contributed by atoms with van der Waals surface area (Å²) in [6.45, 7) is 2.17. The SMILES string of the molecule is CCCC1=CCC/C(=N/O)C1. The van der Waals surface area contributed by atoms with Crippen molar-refractivity contribution in [2.24, 2.45) is 5.16 Å². The van der Waals surface area contributed by atoms with Crippen molar-refractivity contribution < 1.29 is 5.21 Å². The lowest BCUT2D eigenvalue weighted by Gasteiger charge is -2.12. The number of nitrogens with zero attached hydrogens (tertiary/aromatic N) is 1. The Morgan fingerprint density at radius 3 is 3.09 bits per heavy atom. The predicted octanol–water partition coefficient (Wildman–Crippen LogP) is 2.73. The summed E-state index contributed by atoms with van der Waals surface area (Å²) in [5.74, 6) is 0. The van der Waals surface area contributed by atoms with Crippen molar-refractivity contribution in [2.45, 2.75) is 39.0 Å². The Kier molecular flexibility index (Phi) is 3.14. The van der Waals surface area contributed by atoms with Crippen LogP contribution in [-0.4, -0.2) is 10.9 Å². The van der Waals surface area contributed by atoms with Gasteiger partial charge in [-0.3, -0.25) is 0 Å². The third-order valence-corrected chi connectivity index (χ3v) is 2.01. The average Bonchev–Trinajstić information content (AvgIpc) is 2.06. The van der Waals surface area contributed by atoms with Crippen molar-refractivity contribution in [3.63, 3.8) is 0 Å². The molecule has 0 bridgehead atoms. The lowest BCUT2D eigenvalue weighted by Crippen LogP contribution is -2.05. The molecule has 0 aliphatic heterocycles. The summed E-state index contributed by atoms with van der Waals surface area (Å²) in [6, 6.07) is 0.